The molecule has 0 fully saturated rings. The second kappa shape index (κ2) is 9.77. The minimum Gasteiger partial charge on any atom is -0.488 e. The fourth-order valence-corrected chi connectivity index (χ4v) is 2.33. The van der Waals surface area contributed by atoms with Gasteiger partial charge in [0.05, 0.1) is 6.21 Å². The summed E-state index contributed by atoms with van der Waals surface area (Å²) in [5, 5.41) is 3.98. The minimum atomic E-state index is -0.335. The molecular formula is C22H20N2O3. The van der Waals surface area contributed by atoms with Crippen LogP contribution in [0.3, 0.4) is 0 Å². The average molecular weight is 360 g/mol. The van der Waals surface area contributed by atoms with Crippen LogP contribution in [0.25, 0.3) is 0 Å². The SMILES string of the molecule is O=C(COc1ccccc1)N/N=C/c1ccccc1OCc1ccccc1. The van der Waals surface area contributed by atoms with E-state index in [0.717, 1.165) is 11.1 Å². The van der Waals surface area contributed by atoms with Crippen molar-refractivity contribution in [2.75, 3.05) is 6.61 Å². The Hall–Kier alpha value is -3.60. The largest absolute Gasteiger partial charge is 0.488 e. The second-order valence-corrected chi connectivity index (χ2v) is 5.71. The predicted octanol–water partition coefficient (Wildman–Crippen LogP) is 3.79. The molecule has 1 N–H and O–H groups in total. The first-order valence-electron chi connectivity index (χ1n) is 8.57. The van der Waals surface area contributed by atoms with Crippen LogP contribution in [-0.4, -0.2) is 18.7 Å². The molecular weight excluding hydrogens is 340 g/mol. The van der Waals surface area contributed by atoms with Crippen molar-refractivity contribution in [3.8, 4) is 11.5 Å². The summed E-state index contributed by atoms with van der Waals surface area (Å²) in [7, 11) is 0. The van der Waals surface area contributed by atoms with Gasteiger partial charge >= 0.3 is 0 Å². The monoisotopic (exact) mass is 360 g/mol. The molecule has 27 heavy (non-hydrogen) atoms. The number of nitrogens with zero attached hydrogens (tertiary/aromatic N) is 1. The van der Waals surface area contributed by atoms with Crippen LogP contribution < -0.4 is 14.9 Å². The van der Waals surface area contributed by atoms with E-state index >= 15 is 0 Å². The number of hydrogen-bond donors (Lipinski definition) is 1. The van der Waals surface area contributed by atoms with Crippen molar-refractivity contribution < 1.29 is 14.3 Å². The molecule has 5 heteroatoms. The third-order valence-corrected chi connectivity index (χ3v) is 3.66. The van der Waals surface area contributed by atoms with Gasteiger partial charge in [-0.3, -0.25) is 4.79 Å². The topological polar surface area (TPSA) is 59.9 Å². The maximum Gasteiger partial charge on any atom is 0.277 e. The van der Waals surface area contributed by atoms with Crippen molar-refractivity contribution >= 4 is 12.1 Å². The van der Waals surface area contributed by atoms with Gasteiger partial charge in [0.15, 0.2) is 6.61 Å². The molecule has 0 radical (unpaired) electrons. The zero-order valence-corrected chi connectivity index (χ0v) is 14.7. The summed E-state index contributed by atoms with van der Waals surface area (Å²) in [5.41, 5.74) is 4.31. The molecule has 0 aliphatic carbocycles. The van der Waals surface area contributed by atoms with Crippen molar-refractivity contribution in [2.24, 2.45) is 5.10 Å². The number of rotatable bonds is 8. The van der Waals surface area contributed by atoms with Crippen LogP contribution >= 0.6 is 0 Å². The third kappa shape index (κ3) is 6.01. The molecule has 0 atom stereocenters. The van der Waals surface area contributed by atoms with Gasteiger partial charge in [0.1, 0.15) is 18.1 Å². The number of amides is 1. The molecule has 136 valence electrons. The second-order valence-electron chi connectivity index (χ2n) is 5.71. The highest BCUT2D eigenvalue weighted by Crippen LogP contribution is 2.17. The highest BCUT2D eigenvalue weighted by Gasteiger charge is 2.03. The number of hydrogen-bond acceptors (Lipinski definition) is 4. The molecule has 0 unspecified atom stereocenters. The van der Waals surface area contributed by atoms with E-state index in [2.05, 4.69) is 10.5 Å². The standard InChI is InChI=1S/C22H20N2O3/c25-22(17-26-20-12-5-2-6-13-20)24-23-15-19-11-7-8-14-21(19)27-16-18-9-3-1-4-10-18/h1-15H,16-17H2,(H,24,25)/b23-15+. The molecule has 3 rings (SSSR count). The predicted molar refractivity (Wildman–Crippen MR) is 105 cm³/mol. The summed E-state index contributed by atoms with van der Waals surface area (Å²) in [5.74, 6) is 0.994. The molecule has 1 amide bonds. The van der Waals surface area contributed by atoms with Crippen LogP contribution in [0.15, 0.2) is 90.0 Å². The molecule has 0 saturated carbocycles. The first kappa shape index (κ1) is 18.2. The van der Waals surface area contributed by atoms with Gasteiger partial charge in [-0.2, -0.15) is 5.10 Å². The molecule has 0 bridgehead atoms. The number of ether oxygens (including phenoxy) is 2. The normalized spacial score (nSPS) is 10.5. The van der Waals surface area contributed by atoms with Gasteiger partial charge in [-0.15, -0.1) is 0 Å². The Kier molecular flexibility index (Phi) is 6.59. The molecule has 0 spiro atoms. The number of nitrogens with one attached hydrogen (secondary N) is 1. The first-order valence-corrected chi connectivity index (χ1v) is 8.57. The van der Waals surface area contributed by atoms with Crippen LogP contribution in [0.1, 0.15) is 11.1 Å². The van der Waals surface area contributed by atoms with Crippen LogP contribution in [-0.2, 0) is 11.4 Å². The number of hydrazone groups is 1. The maximum absolute atomic E-state index is 11.8. The van der Waals surface area contributed by atoms with E-state index in [1.807, 2.05) is 72.8 Å². The van der Waals surface area contributed by atoms with Gasteiger partial charge in [0.2, 0.25) is 0 Å². The van der Waals surface area contributed by atoms with Gasteiger partial charge < -0.3 is 9.47 Å². The average Bonchev–Trinajstić information content (AvgIpc) is 2.73. The fraction of sp³-hybridized carbons (Fsp3) is 0.0909. The van der Waals surface area contributed by atoms with Gasteiger partial charge in [-0.1, -0.05) is 60.7 Å². The zero-order chi connectivity index (χ0) is 18.7. The van der Waals surface area contributed by atoms with Gasteiger partial charge in [-0.05, 0) is 29.8 Å². The van der Waals surface area contributed by atoms with Gasteiger partial charge in [0.25, 0.3) is 5.91 Å². The lowest BCUT2D eigenvalue weighted by atomic mass is 10.2. The van der Waals surface area contributed by atoms with Crippen molar-refractivity contribution in [1.29, 1.82) is 0 Å². The Morgan fingerprint density at radius 3 is 2.30 bits per heavy atom. The van der Waals surface area contributed by atoms with E-state index in [9.17, 15) is 4.79 Å². The van der Waals surface area contributed by atoms with Crippen molar-refractivity contribution in [3.05, 3.63) is 96.1 Å². The van der Waals surface area contributed by atoms with Crippen LogP contribution in [0.5, 0.6) is 11.5 Å². The molecule has 0 saturated heterocycles. The van der Waals surface area contributed by atoms with E-state index in [0.29, 0.717) is 18.1 Å². The van der Waals surface area contributed by atoms with Crippen LogP contribution in [0, 0.1) is 0 Å². The lowest BCUT2D eigenvalue weighted by Crippen LogP contribution is -2.24. The van der Waals surface area contributed by atoms with E-state index in [4.69, 9.17) is 9.47 Å². The van der Waals surface area contributed by atoms with Crippen LogP contribution in [0.4, 0.5) is 0 Å². The van der Waals surface area contributed by atoms with Gasteiger partial charge in [-0.25, -0.2) is 5.43 Å². The molecule has 0 heterocycles. The van der Waals surface area contributed by atoms with Crippen LogP contribution in [0.2, 0.25) is 0 Å². The zero-order valence-electron chi connectivity index (χ0n) is 14.7. The van der Waals surface area contributed by atoms with E-state index in [1.165, 1.54) is 0 Å². The van der Waals surface area contributed by atoms with Crippen molar-refractivity contribution in [3.63, 3.8) is 0 Å². The Balaban J connectivity index is 1.51. The Bertz CT molecular complexity index is 880. The molecule has 3 aromatic rings. The quantitative estimate of drug-likeness (QED) is 0.491. The molecule has 0 aromatic heterocycles. The molecule has 5 nitrogen and oxygen atoms in total. The van der Waals surface area contributed by atoms with Crippen molar-refractivity contribution in [1.82, 2.24) is 5.43 Å². The molecule has 0 aliphatic heterocycles. The summed E-state index contributed by atoms with van der Waals surface area (Å²) in [6.45, 7) is 0.358. The summed E-state index contributed by atoms with van der Waals surface area (Å²) < 4.78 is 11.2. The highest BCUT2D eigenvalue weighted by molar-refractivity contribution is 5.85. The minimum absolute atomic E-state index is 0.104. The third-order valence-electron chi connectivity index (χ3n) is 3.66. The smallest absolute Gasteiger partial charge is 0.277 e. The fourth-order valence-electron chi connectivity index (χ4n) is 2.33. The lowest BCUT2D eigenvalue weighted by molar-refractivity contribution is -0.123. The van der Waals surface area contributed by atoms with Crippen molar-refractivity contribution in [2.45, 2.75) is 6.61 Å². The molecule has 3 aromatic carbocycles. The summed E-state index contributed by atoms with van der Waals surface area (Å²) in [4.78, 5) is 11.8. The Labute approximate surface area is 158 Å². The Morgan fingerprint density at radius 1 is 0.852 bits per heavy atom. The first-order chi connectivity index (χ1) is 13.3. The lowest BCUT2D eigenvalue weighted by Gasteiger charge is -2.09. The number of benzene rings is 3. The number of carbonyl (C=O) groups excluding carboxylic acids is 1. The summed E-state index contributed by atoms with van der Waals surface area (Å²) in [6.07, 6.45) is 1.56. The number of carbonyl (C=O) groups is 1. The summed E-state index contributed by atoms with van der Waals surface area (Å²) in [6, 6.07) is 26.6. The van der Waals surface area contributed by atoms with Gasteiger partial charge in [0, 0.05) is 5.56 Å². The van der Waals surface area contributed by atoms with E-state index in [1.54, 1.807) is 18.3 Å². The number of para-hydroxylation sites is 2. The van der Waals surface area contributed by atoms with E-state index < -0.39 is 0 Å². The Morgan fingerprint density at radius 2 is 1.52 bits per heavy atom. The summed E-state index contributed by atoms with van der Waals surface area (Å²) >= 11 is 0. The molecule has 0 aliphatic rings. The maximum atomic E-state index is 11.8. The highest BCUT2D eigenvalue weighted by atomic mass is 16.5. The van der Waals surface area contributed by atoms with E-state index in [-0.39, 0.29) is 12.5 Å².